The SMILES string of the molecule is C[N+]1(C)C2CCC1CC(CC(O)(c1ccc(C(F)F)s1)c1ccc(C(F)F)s1)C2.[Br-]. The van der Waals surface area contributed by atoms with Crippen molar-refractivity contribution in [3.63, 3.8) is 0 Å². The Morgan fingerprint density at radius 2 is 1.37 bits per heavy atom. The predicted molar refractivity (Wildman–Crippen MR) is 108 cm³/mol. The Hall–Kier alpha value is -0.480. The van der Waals surface area contributed by atoms with Crippen molar-refractivity contribution in [2.45, 2.75) is 62.6 Å². The van der Waals surface area contributed by atoms with Gasteiger partial charge >= 0.3 is 0 Å². The fourth-order valence-electron chi connectivity index (χ4n) is 5.29. The molecule has 2 aliphatic rings. The molecule has 0 amide bonds. The molecule has 2 aromatic rings. The lowest BCUT2D eigenvalue weighted by Crippen LogP contribution is -3.00. The van der Waals surface area contributed by atoms with E-state index in [9.17, 15) is 22.7 Å². The number of aliphatic hydroxyl groups is 1. The van der Waals surface area contributed by atoms with Gasteiger partial charge in [0.2, 0.25) is 0 Å². The zero-order valence-electron chi connectivity index (χ0n) is 16.8. The summed E-state index contributed by atoms with van der Waals surface area (Å²) in [5.41, 5.74) is -1.51. The number of hydrogen-bond donors (Lipinski definition) is 1. The third kappa shape index (κ3) is 4.25. The predicted octanol–water partition coefficient (Wildman–Crippen LogP) is 3.33. The van der Waals surface area contributed by atoms with E-state index in [2.05, 4.69) is 14.1 Å². The van der Waals surface area contributed by atoms with Crippen molar-refractivity contribution < 1.29 is 44.1 Å². The number of rotatable bonds is 6. The van der Waals surface area contributed by atoms with E-state index in [0.717, 1.165) is 52.8 Å². The van der Waals surface area contributed by atoms with E-state index < -0.39 is 18.5 Å². The minimum absolute atomic E-state index is 0. The Bertz CT molecular complexity index is 807. The third-order valence-electron chi connectivity index (χ3n) is 7.01. The van der Waals surface area contributed by atoms with Gasteiger partial charge in [0, 0.05) is 35.4 Å². The van der Waals surface area contributed by atoms with Gasteiger partial charge < -0.3 is 26.6 Å². The number of thiophene rings is 2. The van der Waals surface area contributed by atoms with Crippen LogP contribution in [-0.2, 0) is 5.60 Å². The van der Waals surface area contributed by atoms with Crippen LogP contribution in [0.3, 0.4) is 0 Å². The summed E-state index contributed by atoms with van der Waals surface area (Å²) in [6.07, 6.45) is -0.585. The maximum absolute atomic E-state index is 13.2. The number of alkyl halides is 4. The zero-order chi connectivity index (χ0) is 21.0. The second-order valence-corrected chi connectivity index (χ2v) is 11.2. The first kappa shape index (κ1) is 24.2. The van der Waals surface area contributed by atoms with E-state index in [4.69, 9.17) is 0 Å². The lowest BCUT2D eigenvalue weighted by Gasteiger charge is -2.45. The summed E-state index contributed by atoms with van der Waals surface area (Å²) < 4.78 is 53.7. The number of halogens is 5. The summed E-state index contributed by atoms with van der Waals surface area (Å²) in [5.74, 6) is 0.234. The fraction of sp³-hybridized carbons (Fsp3) is 0.619. The van der Waals surface area contributed by atoms with Gasteiger partial charge in [-0.15, -0.1) is 22.7 Å². The smallest absolute Gasteiger partial charge is 0.272 e. The molecule has 0 aromatic carbocycles. The molecule has 2 saturated heterocycles. The highest BCUT2D eigenvalue weighted by molar-refractivity contribution is 7.13. The minimum Gasteiger partial charge on any atom is -1.00 e. The average molecular weight is 528 g/mol. The van der Waals surface area contributed by atoms with Gasteiger partial charge in [-0.2, -0.15) is 0 Å². The van der Waals surface area contributed by atoms with Crippen molar-refractivity contribution in [2.75, 3.05) is 14.1 Å². The van der Waals surface area contributed by atoms with Crippen LogP contribution in [0.1, 0.15) is 64.5 Å². The minimum atomic E-state index is -2.61. The number of piperidine rings is 1. The van der Waals surface area contributed by atoms with Gasteiger partial charge in [-0.25, -0.2) is 17.6 Å². The van der Waals surface area contributed by atoms with Crippen molar-refractivity contribution >= 4 is 22.7 Å². The van der Waals surface area contributed by atoms with E-state index >= 15 is 0 Å². The third-order valence-corrected chi connectivity index (χ3v) is 9.50. The number of hydrogen-bond acceptors (Lipinski definition) is 3. The summed E-state index contributed by atoms with van der Waals surface area (Å²) in [6, 6.07) is 6.80. The average Bonchev–Trinajstić information content (AvgIpc) is 3.34. The molecule has 4 heterocycles. The van der Waals surface area contributed by atoms with Gasteiger partial charge in [-0.05, 0) is 36.6 Å². The first-order chi connectivity index (χ1) is 13.6. The Labute approximate surface area is 192 Å². The van der Waals surface area contributed by atoms with Crippen LogP contribution in [0.15, 0.2) is 24.3 Å². The molecule has 0 radical (unpaired) electrons. The molecular formula is C21H26BrF4NOS2. The van der Waals surface area contributed by atoms with Crippen LogP contribution in [0.4, 0.5) is 17.6 Å². The summed E-state index contributed by atoms with van der Waals surface area (Å²) in [5, 5.41) is 11.7. The lowest BCUT2D eigenvalue weighted by atomic mass is 9.79. The highest BCUT2D eigenvalue weighted by Gasteiger charge is 2.51. The molecule has 2 bridgehead atoms. The number of nitrogens with zero attached hydrogens (tertiary/aromatic N) is 1. The van der Waals surface area contributed by atoms with E-state index in [0.29, 0.717) is 28.3 Å². The maximum atomic E-state index is 13.2. The van der Waals surface area contributed by atoms with Crippen LogP contribution in [0.25, 0.3) is 0 Å². The first-order valence-corrected chi connectivity index (χ1v) is 11.6. The molecule has 168 valence electrons. The van der Waals surface area contributed by atoms with Gasteiger partial charge in [0.15, 0.2) is 0 Å². The molecule has 2 unspecified atom stereocenters. The van der Waals surface area contributed by atoms with Crippen LogP contribution in [0.5, 0.6) is 0 Å². The van der Waals surface area contributed by atoms with E-state index in [1.54, 1.807) is 0 Å². The molecule has 0 saturated carbocycles. The van der Waals surface area contributed by atoms with Crippen molar-refractivity contribution in [2.24, 2.45) is 5.92 Å². The van der Waals surface area contributed by atoms with E-state index in [1.165, 1.54) is 24.3 Å². The van der Waals surface area contributed by atoms with Crippen LogP contribution in [0.2, 0.25) is 0 Å². The molecule has 1 N–H and O–H groups in total. The lowest BCUT2D eigenvalue weighted by molar-refractivity contribution is -0.931. The van der Waals surface area contributed by atoms with E-state index in [-0.39, 0.29) is 32.7 Å². The second-order valence-electron chi connectivity index (χ2n) is 8.92. The van der Waals surface area contributed by atoms with E-state index in [1.807, 2.05) is 0 Å². The van der Waals surface area contributed by atoms with Gasteiger partial charge in [0.1, 0.15) is 5.60 Å². The van der Waals surface area contributed by atoms with Gasteiger partial charge in [-0.3, -0.25) is 0 Å². The van der Waals surface area contributed by atoms with Crippen molar-refractivity contribution in [1.82, 2.24) is 0 Å². The molecule has 9 heteroatoms. The highest BCUT2D eigenvalue weighted by Crippen LogP contribution is 2.50. The van der Waals surface area contributed by atoms with Gasteiger partial charge in [-0.1, -0.05) is 0 Å². The molecule has 0 spiro atoms. The Morgan fingerprint density at radius 1 is 0.933 bits per heavy atom. The topological polar surface area (TPSA) is 20.2 Å². The highest BCUT2D eigenvalue weighted by atomic mass is 79.9. The summed E-state index contributed by atoms with van der Waals surface area (Å²) in [4.78, 5) is 0.625. The Balaban J connectivity index is 0.00000256. The number of fused-ring (bicyclic) bond motifs is 2. The molecule has 2 aromatic heterocycles. The fourth-order valence-corrected chi connectivity index (χ4v) is 7.30. The quantitative estimate of drug-likeness (QED) is 0.451. The van der Waals surface area contributed by atoms with Gasteiger partial charge in [0.05, 0.1) is 35.9 Å². The van der Waals surface area contributed by atoms with Gasteiger partial charge in [0.25, 0.3) is 12.9 Å². The van der Waals surface area contributed by atoms with Crippen LogP contribution in [0, 0.1) is 5.92 Å². The number of quaternary nitrogens is 1. The Kier molecular flexibility index (Phi) is 7.10. The van der Waals surface area contributed by atoms with Crippen LogP contribution >= 0.6 is 22.7 Å². The molecule has 4 rings (SSSR count). The van der Waals surface area contributed by atoms with Crippen LogP contribution in [-0.4, -0.2) is 35.8 Å². The van der Waals surface area contributed by atoms with Crippen molar-refractivity contribution in [1.29, 1.82) is 0 Å². The van der Waals surface area contributed by atoms with Crippen molar-refractivity contribution in [3.05, 3.63) is 43.8 Å². The largest absolute Gasteiger partial charge is 1.00 e. The monoisotopic (exact) mass is 527 g/mol. The zero-order valence-corrected chi connectivity index (χ0v) is 20.1. The normalized spacial score (nSPS) is 25.7. The summed E-state index contributed by atoms with van der Waals surface area (Å²) in [7, 11) is 4.51. The molecule has 2 atom stereocenters. The molecule has 2 fully saturated rings. The molecular weight excluding hydrogens is 502 g/mol. The summed E-state index contributed by atoms with van der Waals surface area (Å²) in [6.45, 7) is 0. The second kappa shape index (κ2) is 8.81. The maximum Gasteiger partial charge on any atom is 0.272 e. The first-order valence-electron chi connectivity index (χ1n) is 9.93. The summed E-state index contributed by atoms with van der Waals surface area (Å²) >= 11 is 1.76. The molecule has 0 aliphatic carbocycles. The molecule has 2 nitrogen and oxygen atoms in total. The Morgan fingerprint density at radius 3 is 1.73 bits per heavy atom. The standard InChI is InChI=1S/C21H26F4NOS2.BrH/c1-26(2)13-3-4-14(26)10-12(9-13)11-21(27,17-7-5-15(28-17)19(22)23)18-8-6-16(29-18)20(24)25;/h5-8,12-14,19-20,27H,3-4,9-11H2,1-2H3;1H/q+1;/p-1. The van der Waals surface area contributed by atoms with Crippen molar-refractivity contribution in [3.8, 4) is 0 Å². The molecule has 2 aliphatic heterocycles. The molecule has 30 heavy (non-hydrogen) atoms. The van der Waals surface area contributed by atoms with Crippen LogP contribution < -0.4 is 17.0 Å².